The van der Waals surface area contributed by atoms with Crippen LogP contribution in [-0.2, 0) is 0 Å². The lowest BCUT2D eigenvalue weighted by Crippen LogP contribution is -2.20. The van der Waals surface area contributed by atoms with E-state index in [2.05, 4.69) is 73.0 Å². The lowest BCUT2D eigenvalue weighted by atomic mass is 10.0. The molecule has 0 saturated carbocycles. The van der Waals surface area contributed by atoms with E-state index in [-0.39, 0.29) is 0 Å². The maximum absolute atomic E-state index is 3.50. The van der Waals surface area contributed by atoms with Crippen LogP contribution in [0.5, 0.6) is 0 Å². The van der Waals surface area contributed by atoms with Crippen molar-refractivity contribution in [1.82, 2.24) is 10.6 Å². The van der Waals surface area contributed by atoms with Gasteiger partial charge in [0, 0.05) is 13.1 Å². The van der Waals surface area contributed by atoms with Gasteiger partial charge in [0.15, 0.2) is 0 Å². The van der Waals surface area contributed by atoms with Crippen LogP contribution in [-0.4, -0.2) is 13.1 Å². The molecule has 20 heavy (non-hydrogen) atoms. The van der Waals surface area contributed by atoms with Crippen LogP contribution in [0.1, 0.15) is 25.0 Å². The van der Waals surface area contributed by atoms with Gasteiger partial charge in [-0.15, -0.1) is 0 Å². The van der Waals surface area contributed by atoms with Crippen LogP contribution < -0.4 is 10.6 Å². The van der Waals surface area contributed by atoms with E-state index in [4.69, 9.17) is 0 Å². The lowest BCUT2D eigenvalue weighted by molar-refractivity contribution is 0.902. The predicted molar refractivity (Wildman–Crippen MR) is 87.1 cm³/mol. The fraction of sp³-hybridized carbons (Fsp3) is 0.222. The summed E-state index contributed by atoms with van der Waals surface area (Å²) in [7, 11) is 0. The van der Waals surface area contributed by atoms with E-state index in [1.165, 1.54) is 11.1 Å². The highest BCUT2D eigenvalue weighted by atomic mass is 14.9. The Bertz CT molecular complexity index is 493. The summed E-state index contributed by atoms with van der Waals surface area (Å²) in [5, 5.41) is 7.00. The zero-order valence-corrected chi connectivity index (χ0v) is 12.2. The Hall–Kier alpha value is -2.22. The molecule has 2 nitrogen and oxygen atoms in total. The number of hydrogen-bond acceptors (Lipinski definition) is 2. The van der Waals surface area contributed by atoms with Crippen molar-refractivity contribution < 1.29 is 0 Å². The molecule has 0 bridgehead atoms. The average molecular weight is 266 g/mol. The molecule has 2 aromatic carbocycles. The van der Waals surface area contributed by atoms with Crippen LogP contribution >= 0.6 is 0 Å². The Kier molecular flexibility index (Phi) is 5.24. The van der Waals surface area contributed by atoms with Crippen molar-refractivity contribution in [3.8, 4) is 0 Å². The van der Waals surface area contributed by atoms with E-state index in [1.54, 1.807) is 0 Å². The van der Waals surface area contributed by atoms with Crippen molar-refractivity contribution in [2.24, 2.45) is 0 Å². The fourth-order valence-corrected chi connectivity index (χ4v) is 2.23. The molecule has 0 saturated heterocycles. The van der Waals surface area contributed by atoms with Crippen LogP contribution in [0, 0.1) is 0 Å². The minimum Gasteiger partial charge on any atom is -0.383 e. The van der Waals surface area contributed by atoms with E-state index in [1.807, 2.05) is 12.1 Å². The normalized spacial score (nSPS) is 11.7. The Morgan fingerprint density at radius 1 is 0.650 bits per heavy atom. The van der Waals surface area contributed by atoms with Crippen molar-refractivity contribution in [3.05, 3.63) is 71.8 Å². The smallest absolute Gasteiger partial charge is 0.0655 e. The first-order valence-electron chi connectivity index (χ1n) is 7.19. The number of hydrogen-bond donors (Lipinski definition) is 2. The van der Waals surface area contributed by atoms with Crippen molar-refractivity contribution >= 4 is 11.4 Å². The van der Waals surface area contributed by atoms with Gasteiger partial charge in [-0.1, -0.05) is 60.7 Å². The molecule has 2 heteroatoms. The molecule has 0 amide bonds. The summed E-state index contributed by atoms with van der Waals surface area (Å²) in [5.74, 6) is 0. The van der Waals surface area contributed by atoms with E-state index in [9.17, 15) is 0 Å². The summed E-state index contributed by atoms with van der Waals surface area (Å²) in [6.45, 7) is 6.03. The molecule has 0 unspecified atom stereocenters. The van der Waals surface area contributed by atoms with Crippen LogP contribution in [0.15, 0.2) is 60.7 Å². The molecule has 0 radical (unpaired) electrons. The summed E-state index contributed by atoms with van der Waals surface area (Å²) in [6, 6.07) is 20.9. The maximum Gasteiger partial charge on any atom is 0.0655 e. The van der Waals surface area contributed by atoms with Gasteiger partial charge in [0.1, 0.15) is 0 Å². The van der Waals surface area contributed by atoms with Crippen molar-refractivity contribution in [2.75, 3.05) is 13.1 Å². The van der Waals surface area contributed by atoms with Gasteiger partial charge in [-0.05, 0) is 25.0 Å². The quantitative estimate of drug-likeness (QED) is 0.778. The fourth-order valence-electron chi connectivity index (χ4n) is 2.23. The SMILES string of the molecule is CCNC(=C(NCC)c1ccccc1)c1ccccc1. The third-order valence-electron chi connectivity index (χ3n) is 3.08. The molecule has 0 aliphatic heterocycles. The standard InChI is InChI=1S/C18H22N2/c1-3-19-17(15-11-7-5-8-12-15)18(20-4-2)16-13-9-6-10-14-16/h5-14,19-20H,3-4H2,1-2H3. The summed E-state index contributed by atoms with van der Waals surface area (Å²) in [6.07, 6.45) is 0. The predicted octanol–water partition coefficient (Wildman–Crippen LogP) is 3.73. The molecular weight excluding hydrogens is 244 g/mol. The third kappa shape index (κ3) is 3.41. The summed E-state index contributed by atoms with van der Waals surface area (Å²) in [4.78, 5) is 0. The largest absolute Gasteiger partial charge is 0.383 e. The molecule has 104 valence electrons. The summed E-state index contributed by atoms with van der Waals surface area (Å²) in [5.41, 5.74) is 4.71. The second-order valence-electron chi connectivity index (χ2n) is 4.54. The Morgan fingerprint density at radius 2 is 1.00 bits per heavy atom. The summed E-state index contributed by atoms with van der Waals surface area (Å²) < 4.78 is 0. The van der Waals surface area contributed by atoms with Crippen molar-refractivity contribution in [3.63, 3.8) is 0 Å². The van der Waals surface area contributed by atoms with E-state index in [0.29, 0.717) is 0 Å². The van der Waals surface area contributed by atoms with Crippen LogP contribution in [0.4, 0.5) is 0 Å². The topological polar surface area (TPSA) is 24.1 Å². The van der Waals surface area contributed by atoms with Crippen LogP contribution in [0.2, 0.25) is 0 Å². The van der Waals surface area contributed by atoms with Gasteiger partial charge in [-0.3, -0.25) is 0 Å². The van der Waals surface area contributed by atoms with Crippen molar-refractivity contribution in [2.45, 2.75) is 13.8 Å². The first-order valence-corrected chi connectivity index (χ1v) is 7.19. The molecule has 0 aromatic heterocycles. The highest BCUT2D eigenvalue weighted by Crippen LogP contribution is 2.22. The van der Waals surface area contributed by atoms with E-state index < -0.39 is 0 Å². The van der Waals surface area contributed by atoms with Gasteiger partial charge in [0.2, 0.25) is 0 Å². The minimum atomic E-state index is 0.895. The molecule has 0 fully saturated rings. The van der Waals surface area contributed by atoms with E-state index in [0.717, 1.165) is 24.5 Å². The molecule has 2 rings (SSSR count). The van der Waals surface area contributed by atoms with Gasteiger partial charge in [-0.2, -0.15) is 0 Å². The van der Waals surface area contributed by atoms with Gasteiger partial charge < -0.3 is 10.6 Å². The molecular formula is C18H22N2. The number of benzene rings is 2. The Balaban J connectivity index is 2.54. The van der Waals surface area contributed by atoms with Crippen LogP contribution in [0.25, 0.3) is 11.4 Å². The van der Waals surface area contributed by atoms with Crippen molar-refractivity contribution in [1.29, 1.82) is 0 Å². The molecule has 0 atom stereocenters. The molecule has 0 aliphatic rings. The highest BCUT2D eigenvalue weighted by Gasteiger charge is 2.09. The third-order valence-corrected chi connectivity index (χ3v) is 3.08. The second-order valence-corrected chi connectivity index (χ2v) is 4.54. The molecule has 2 N–H and O–H groups in total. The van der Waals surface area contributed by atoms with Gasteiger partial charge in [-0.25, -0.2) is 0 Å². The minimum absolute atomic E-state index is 0.895. The Labute approximate surface area is 121 Å². The monoisotopic (exact) mass is 266 g/mol. The average Bonchev–Trinajstić information content (AvgIpc) is 2.52. The number of rotatable bonds is 6. The van der Waals surface area contributed by atoms with Gasteiger partial charge >= 0.3 is 0 Å². The zero-order valence-electron chi connectivity index (χ0n) is 12.2. The second kappa shape index (κ2) is 7.39. The molecule has 0 aliphatic carbocycles. The number of nitrogens with one attached hydrogen (secondary N) is 2. The zero-order chi connectivity index (χ0) is 14.2. The maximum atomic E-state index is 3.50. The molecule has 2 aromatic rings. The van der Waals surface area contributed by atoms with Gasteiger partial charge in [0.05, 0.1) is 11.4 Å². The summed E-state index contributed by atoms with van der Waals surface area (Å²) >= 11 is 0. The lowest BCUT2D eigenvalue weighted by Gasteiger charge is -2.18. The first kappa shape index (κ1) is 14.2. The Morgan fingerprint density at radius 3 is 1.30 bits per heavy atom. The van der Waals surface area contributed by atoms with E-state index >= 15 is 0 Å². The highest BCUT2D eigenvalue weighted by molar-refractivity contribution is 5.88. The molecule has 0 heterocycles. The first-order chi connectivity index (χ1) is 9.86. The van der Waals surface area contributed by atoms with Crippen LogP contribution in [0.3, 0.4) is 0 Å². The van der Waals surface area contributed by atoms with Gasteiger partial charge in [0.25, 0.3) is 0 Å². The molecule has 0 spiro atoms.